The summed E-state index contributed by atoms with van der Waals surface area (Å²) >= 11 is 3.41. The normalized spacial score (nSPS) is 9.31. The Morgan fingerprint density at radius 2 is 2.15 bits per heavy atom. The van der Waals surface area contributed by atoms with Gasteiger partial charge in [0.15, 0.2) is 0 Å². The van der Waals surface area contributed by atoms with Crippen molar-refractivity contribution in [2.45, 2.75) is 0 Å². The number of rotatable bonds is 4. The van der Waals surface area contributed by atoms with E-state index in [0.29, 0.717) is 6.61 Å². The second kappa shape index (κ2) is 4.87. The van der Waals surface area contributed by atoms with Crippen molar-refractivity contribution in [3.8, 4) is 5.75 Å². The maximum absolute atomic E-state index is 5.39. The minimum atomic E-state index is 0.520. The molecule has 0 N–H and O–H groups in total. The molecule has 0 aliphatic heterocycles. The molecule has 1 rings (SSSR count). The first-order valence-corrected chi connectivity index (χ1v) is 4.73. The molecule has 68 valence electrons. The van der Waals surface area contributed by atoms with Gasteiger partial charge in [0.1, 0.15) is 12.4 Å². The predicted octanol–water partition coefficient (Wildman–Crippen LogP) is 3.66. The van der Waals surface area contributed by atoms with Gasteiger partial charge >= 0.3 is 0 Å². The van der Waals surface area contributed by atoms with Gasteiger partial charge in [0.25, 0.3) is 0 Å². The molecule has 1 aromatic rings. The van der Waals surface area contributed by atoms with Crippen LogP contribution in [0.4, 0.5) is 0 Å². The summed E-state index contributed by atoms with van der Waals surface area (Å²) in [4.78, 5) is 0. The van der Waals surface area contributed by atoms with E-state index in [1.807, 2.05) is 18.2 Å². The van der Waals surface area contributed by atoms with Gasteiger partial charge in [0, 0.05) is 0 Å². The number of hydrogen-bond donors (Lipinski definition) is 0. The Labute approximate surface area is 86.9 Å². The predicted molar refractivity (Wildman–Crippen MR) is 59.9 cm³/mol. The van der Waals surface area contributed by atoms with Crippen LogP contribution in [0.2, 0.25) is 0 Å². The van der Waals surface area contributed by atoms with Crippen molar-refractivity contribution < 1.29 is 4.74 Å². The summed E-state index contributed by atoms with van der Waals surface area (Å²) in [6.45, 7) is 7.79. The minimum absolute atomic E-state index is 0.520. The highest BCUT2D eigenvalue weighted by molar-refractivity contribution is 9.10. The summed E-state index contributed by atoms with van der Waals surface area (Å²) in [5.74, 6) is 0.825. The van der Waals surface area contributed by atoms with E-state index in [4.69, 9.17) is 4.74 Å². The topological polar surface area (TPSA) is 9.23 Å². The zero-order valence-electron chi connectivity index (χ0n) is 7.29. The van der Waals surface area contributed by atoms with Gasteiger partial charge < -0.3 is 4.74 Å². The van der Waals surface area contributed by atoms with Crippen LogP contribution in [0.1, 0.15) is 5.56 Å². The maximum Gasteiger partial charge on any atom is 0.133 e. The zero-order valence-corrected chi connectivity index (χ0v) is 8.88. The highest BCUT2D eigenvalue weighted by Crippen LogP contribution is 2.26. The molecule has 0 saturated heterocycles. The molecule has 0 aromatic heterocycles. The highest BCUT2D eigenvalue weighted by atomic mass is 79.9. The van der Waals surface area contributed by atoms with E-state index >= 15 is 0 Å². The average Bonchev–Trinajstić information content (AvgIpc) is 2.16. The summed E-state index contributed by atoms with van der Waals surface area (Å²) in [5.41, 5.74) is 1.07. The molecule has 0 atom stereocenters. The molecule has 13 heavy (non-hydrogen) atoms. The molecular weight excluding hydrogens is 228 g/mol. The standard InChI is InChI=1S/C11H11BrO/c1-3-7-13-11-6-5-9(4-2)8-10(11)12/h3-6,8H,1-2,7H2. The molecule has 0 bridgehead atoms. The Balaban J connectivity index is 2.84. The van der Waals surface area contributed by atoms with Crippen molar-refractivity contribution in [3.05, 3.63) is 47.5 Å². The highest BCUT2D eigenvalue weighted by Gasteiger charge is 1.99. The monoisotopic (exact) mass is 238 g/mol. The third-order valence-electron chi connectivity index (χ3n) is 1.55. The molecule has 0 unspecified atom stereocenters. The van der Waals surface area contributed by atoms with Gasteiger partial charge in [-0.25, -0.2) is 0 Å². The summed E-state index contributed by atoms with van der Waals surface area (Å²) < 4.78 is 6.32. The molecule has 0 radical (unpaired) electrons. The van der Waals surface area contributed by atoms with Crippen molar-refractivity contribution in [2.75, 3.05) is 6.61 Å². The van der Waals surface area contributed by atoms with Gasteiger partial charge in [-0.2, -0.15) is 0 Å². The Kier molecular flexibility index (Phi) is 3.77. The Morgan fingerprint density at radius 1 is 1.38 bits per heavy atom. The molecule has 0 aliphatic carbocycles. The van der Waals surface area contributed by atoms with E-state index < -0.39 is 0 Å². The van der Waals surface area contributed by atoms with E-state index in [0.717, 1.165) is 15.8 Å². The first kappa shape index (κ1) is 10.1. The van der Waals surface area contributed by atoms with Gasteiger partial charge in [0.2, 0.25) is 0 Å². The largest absolute Gasteiger partial charge is 0.488 e. The summed E-state index contributed by atoms with van der Waals surface area (Å²) in [6.07, 6.45) is 3.51. The van der Waals surface area contributed by atoms with E-state index in [9.17, 15) is 0 Å². The number of benzene rings is 1. The molecule has 0 aliphatic rings. The fraction of sp³-hybridized carbons (Fsp3) is 0.0909. The molecule has 2 heteroatoms. The van der Waals surface area contributed by atoms with Gasteiger partial charge in [0.05, 0.1) is 4.47 Å². The molecule has 0 saturated carbocycles. The Morgan fingerprint density at radius 3 is 2.69 bits per heavy atom. The second-order valence-corrected chi connectivity index (χ2v) is 3.35. The van der Waals surface area contributed by atoms with Crippen LogP contribution < -0.4 is 4.74 Å². The van der Waals surface area contributed by atoms with Gasteiger partial charge in [-0.3, -0.25) is 0 Å². The van der Waals surface area contributed by atoms with Gasteiger partial charge in [-0.05, 0) is 33.6 Å². The van der Waals surface area contributed by atoms with Gasteiger partial charge in [-0.1, -0.05) is 31.4 Å². The summed E-state index contributed by atoms with van der Waals surface area (Å²) in [6, 6.07) is 5.83. The molecule has 0 amide bonds. The smallest absolute Gasteiger partial charge is 0.133 e. The van der Waals surface area contributed by atoms with Crippen LogP contribution in [0.15, 0.2) is 41.9 Å². The number of halogens is 1. The molecule has 0 fully saturated rings. The molecule has 1 aromatic carbocycles. The minimum Gasteiger partial charge on any atom is -0.488 e. The van der Waals surface area contributed by atoms with E-state index in [1.54, 1.807) is 12.2 Å². The van der Waals surface area contributed by atoms with Crippen LogP contribution in [0, 0.1) is 0 Å². The van der Waals surface area contributed by atoms with Crippen molar-refractivity contribution in [2.24, 2.45) is 0 Å². The number of hydrogen-bond acceptors (Lipinski definition) is 1. The third kappa shape index (κ3) is 2.74. The van der Waals surface area contributed by atoms with Crippen LogP contribution in [0.25, 0.3) is 6.08 Å². The Bertz CT molecular complexity index is 318. The summed E-state index contributed by atoms with van der Waals surface area (Å²) in [5, 5.41) is 0. The van der Waals surface area contributed by atoms with Crippen molar-refractivity contribution in [1.29, 1.82) is 0 Å². The quantitative estimate of drug-likeness (QED) is 0.728. The lowest BCUT2D eigenvalue weighted by Crippen LogP contribution is -1.93. The van der Waals surface area contributed by atoms with Crippen molar-refractivity contribution in [1.82, 2.24) is 0 Å². The molecule has 0 heterocycles. The lowest BCUT2D eigenvalue weighted by Gasteiger charge is -2.05. The fourth-order valence-corrected chi connectivity index (χ4v) is 1.42. The molecular formula is C11H11BrO. The third-order valence-corrected chi connectivity index (χ3v) is 2.17. The summed E-state index contributed by atoms with van der Waals surface area (Å²) in [7, 11) is 0. The maximum atomic E-state index is 5.39. The first-order valence-electron chi connectivity index (χ1n) is 3.93. The van der Waals surface area contributed by atoms with E-state index in [-0.39, 0.29) is 0 Å². The van der Waals surface area contributed by atoms with Crippen molar-refractivity contribution >= 4 is 22.0 Å². The fourth-order valence-electron chi connectivity index (χ4n) is 0.910. The average molecular weight is 239 g/mol. The van der Waals surface area contributed by atoms with Crippen LogP contribution >= 0.6 is 15.9 Å². The van der Waals surface area contributed by atoms with E-state index in [1.165, 1.54) is 0 Å². The SMILES string of the molecule is C=CCOc1ccc(C=C)cc1Br. The Hall–Kier alpha value is -1.02. The van der Waals surface area contributed by atoms with Crippen LogP contribution in [-0.2, 0) is 0 Å². The second-order valence-electron chi connectivity index (χ2n) is 2.49. The van der Waals surface area contributed by atoms with Gasteiger partial charge in [-0.15, -0.1) is 0 Å². The lowest BCUT2D eigenvalue weighted by atomic mass is 10.2. The van der Waals surface area contributed by atoms with Crippen LogP contribution in [0.3, 0.4) is 0 Å². The zero-order chi connectivity index (χ0) is 9.68. The molecule has 1 nitrogen and oxygen atoms in total. The van der Waals surface area contributed by atoms with Crippen LogP contribution in [0.5, 0.6) is 5.75 Å². The van der Waals surface area contributed by atoms with Crippen molar-refractivity contribution in [3.63, 3.8) is 0 Å². The number of ether oxygens (including phenoxy) is 1. The van der Waals surface area contributed by atoms with E-state index in [2.05, 4.69) is 29.1 Å². The lowest BCUT2D eigenvalue weighted by molar-refractivity contribution is 0.361. The van der Waals surface area contributed by atoms with Crippen LogP contribution in [-0.4, -0.2) is 6.61 Å². The molecule has 0 spiro atoms. The first-order chi connectivity index (χ1) is 6.27.